The van der Waals surface area contributed by atoms with E-state index in [0.717, 1.165) is 0 Å². The Bertz CT molecular complexity index is 1190. The highest BCUT2D eigenvalue weighted by atomic mass is 35.5. The van der Waals surface area contributed by atoms with Crippen LogP contribution in [-0.4, -0.2) is 92.7 Å². The third kappa shape index (κ3) is 8.77. The molecular weight excluding hydrogens is 902 g/mol. The third-order valence-electron chi connectivity index (χ3n) is 6.06. The Kier molecular flexibility index (Phi) is 14.4. The zero-order chi connectivity index (χ0) is 42.6. The molecule has 0 heterocycles. The van der Waals surface area contributed by atoms with Gasteiger partial charge in [0.2, 0.25) is 0 Å². The van der Waals surface area contributed by atoms with E-state index in [-0.39, 0.29) is 0 Å². The van der Waals surface area contributed by atoms with Crippen LogP contribution in [-0.2, 0) is 19.4 Å². The minimum atomic E-state index is -8.25. The number of hydrogen-bond donors (Lipinski definition) is 0. The van der Waals surface area contributed by atoms with Crippen LogP contribution in [0.15, 0.2) is 0 Å². The second-order valence-electron chi connectivity index (χ2n) is 9.83. The maximum absolute atomic E-state index is 14.3. The lowest BCUT2D eigenvalue weighted by Crippen LogP contribution is -2.70. The Balaban J connectivity index is 6.42. The lowest BCUT2D eigenvalue weighted by Gasteiger charge is -2.41. The topological polar surface area (TPSA) is 52.6 Å². The van der Waals surface area contributed by atoms with E-state index in [1.54, 1.807) is 0 Å². The largest absolute Gasteiger partial charge is 0.431 e. The van der Waals surface area contributed by atoms with Gasteiger partial charge in [0, 0.05) is 12.8 Å². The fourth-order valence-electron chi connectivity index (χ4n) is 2.98. The van der Waals surface area contributed by atoms with Gasteiger partial charge in [-0.1, -0.05) is 23.2 Å². The van der Waals surface area contributed by atoms with Crippen LogP contribution in [0, 0.1) is 0 Å². The summed E-state index contributed by atoms with van der Waals surface area (Å²) in [4.78, 5) is 26.6. The van der Waals surface area contributed by atoms with Gasteiger partial charge in [0.25, 0.3) is 10.3 Å². The van der Waals surface area contributed by atoms with Crippen molar-refractivity contribution >= 4 is 58.3 Å². The normalized spacial score (nSPS) is 18.6. The van der Waals surface area contributed by atoms with Crippen molar-refractivity contribution in [2.24, 2.45) is 0 Å². The van der Waals surface area contributed by atoms with Gasteiger partial charge in [-0.25, -0.2) is 28.1 Å². The Hall–Kier alpha value is -1.58. The molecule has 0 aliphatic heterocycles. The van der Waals surface area contributed by atoms with E-state index in [0.29, 0.717) is 0 Å². The standard InChI is InChI=1S/C20H10Cl4F24O4/c21-5(1-3-9(25,26)27)11(23,31)15(37,38)19(45,46)17(41,42)13(33,34)7(49)51-52-8(50)14(35,36)18(43,44)20(47,48)16(39,40)12(24,32)6(22)2-4-10(28,29)30/h5-6H,1-4H2. The smallest absolute Gasteiger partial charge is 0.240 e. The lowest BCUT2D eigenvalue weighted by atomic mass is 9.92. The number of carbonyl (C=O) groups is 2. The highest BCUT2D eigenvalue weighted by Gasteiger charge is 2.90. The molecule has 4 nitrogen and oxygen atoms in total. The molecule has 0 bridgehead atoms. The molecule has 0 rings (SSSR count). The number of halogens is 28. The quantitative estimate of drug-likeness (QED) is 0.0670. The zero-order valence-electron chi connectivity index (χ0n) is 23.2. The second-order valence-corrected chi connectivity index (χ2v) is 12.0. The molecule has 0 aromatic carbocycles. The third-order valence-corrected chi connectivity index (χ3v) is 8.32. The van der Waals surface area contributed by atoms with Gasteiger partial charge >= 0.3 is 71.7 Å². The van der Waals surface area contributed by atoms with E-state index >= 15 is 0 Å². The molecular formula is C20H10Cl4F24O4. The van der Waals surface area contributed by atoms with Crippen molar-refractivity contribution in [1.82, 2.24) is 0 Å². The van der Waals surface area contributed by atoms with Gasteiger partial charge in [0.1, 0.15) is 0 Å². The molecule has 4 atom stereocenters. The molecule has 0 aromatic rings. The summed E-state index contributed by atoms with van der Waals surface area (Å²) in [5, 5.41) is -19.9. The highest BCUT2D eigenvalue weighted by molar-refractivity contribution is 6.32. The van der Waals surface area contributed by atoms with Crippen molar-refractivity contribution < 1.29 is 125 Å². The van der Waals surface area contributed by atoms with Crippen LogP contribution in [0.4, 0.5) is 105 Å². The lowest BCUT2D eigenvalue weighted by molar-refractivity contribution is -0.389. The summed E-state index contributed by atoms with van der Waals surface area (Å²) in [7, 11) is 0. The van der Waals surface area contributed by atoms with Crippen molar-refractivity contribution in [3.63, 3.8) is 0 Å². The van der Waals surface area contributed by atoms with Gasteiger partial charge in [-0.05, 0) is 12.8 Å². The number of rotatable bonds is 16. The Morgan fingerprint density at radius 1 is 0.404 bits per heavy atom. The maximum atomic E-state index is 14.3. The van der Waals surface area contributed by atoms with E-state index in [9.17, 15) is 115 Å². The molecule has 0 saturated heterocycles. The minimum absolute atomic E-state index is 2.07. The molecule has 0 fully saturated rings. The molecule has 0 N–H and O–H groups in total. The van der Waals surface area contributed by atoms with Crippen LogP contribution < -0.4 is 0 Å². The maximum Gasteiger partial charge on any atom is 0.431 e. The van der Waals surface area contributed by atoms with Crippen molar-refractivity contribution in [2.45, 2.75) is 106 Å². The number of hydrogen-bond acceptors (Lipinski definition) is 4. The van der Waals surface area contributed by atoms with Crippen LogP contribution >= 0.6 is 46.4 Å². The molecule has 0 saturated carbocycles. The number of alkyl halides is 28. The first-order valence-corrected chi connectivity index (χ1v) is 13.6. The summed E-state index contributed by atoms with van der Waals surface area (Å²) in [6.07, 6.45) is -20.4. The minimum Gasteiger partial charge on any atom is -0.240 e. The molecule has 0 aliphatic carbocycles. The van der Waals surface area contributed by atoms with Crippen molar-refractivity contribution in [1.29, 1.82) is 0 Å². The molecule has 0 aromatic heterocycles. The summed E-state index contributed by atoms with van der Waals surface area (Å²) in [5.41, 5.74) is 0. The fourth-order valence-corrected chi connectivity index (χ4v) is 3.93. The molecule has 0 radical (unpaired) electrons. The Labute approximate surface area is 289 Å². The molecule has 4 unspecified atom stereocenters. The van der Waals surface area contributed by atoms with Crippen LogP contribution in [0.5, 0.6) is 0 Å². The SMILES string of the molecule is O=C(OOC(=O)C(F)(F)C(F)(F)C(F)(F)C(F)(F)C(F)(Cl)C(Cl)CCC(F)(F)F)C(F)(F)C(F)(F)C(F)(F)C(F)(F)C(F)(Cl)C(Cl)CCC(F)(F)F. The van der Waals surface area contributed by atoms with Crippen LogP contribution in [0.2, 0.25) is 0 Å². The average molecular weight is 912 g/mol. The fraction of sp³-hybridized carbons (Fsp3) is 0.900. The Morgan fingerprint density at radius 2 is 0.615 bits per heavy atom. The van der Waals surface area contributed by atoms with Gasteiger partial charge in [-0.2, -0.15) is 96.6 Å². The molecule has 52 heavy (non-hydrogen) atoms. The van der Waals surface area contributed by atoms with Crippen molar-refractivity contribution in [3.8, 4) is 0 Å². The van der Waals surface area contributed by atoms with E-state index in [4.69, 9.17) is 0 Å². The summed E-state index contributed by atoms with van der Waals surface area (Å²) < 4.78 is 326. The predicted molar refractivity (Wildman–Crippen MR) is 121 cm³/mol. The van der Waals surface area contributed by atoms with Gasteiger partial charge in [0.15, 0.2) is 0 Å². The van der Waals surface area contributed by atoms with Crippen LogP contribution in [0.1, 0.15) is 25.7 Å². The molecule has 0 amide bonds. The number of carbonyl (C=O) groups excluding carboxylic acids is 2. The predicted octanol–water partition coefficient (Wildman–Crippen LogP) is 10.8. The average Bonchev–Trinajstić information content (AvgIpc) is 2.94. The molecule has 0 spiro atoms. The van der Waals surface area contributed by atoms with Crippen molar-refractivity contribution in [2.75, 3.05) is 0 Å². The Morgan fingerprint density at radius 3 is 0.808 bits per heavy atom. The van der Waals surface area contributed by atoms with E-state index < -0.39 is 118 Å². The van der Waals surface area contributed by atoms with Gasteiger partial charge in [-0.15, -0.1) is 23.2 Å². The van der Waals surface area contributed by atoms with E-state index in [1.165, 1.54) is 0 Å². The van der Waals surface area contributed by atoms with Gasteiger partial charge in [0.05, 0.1) is 10.8 Å². The first-order valence-electron chi connectivity index (χ1n) is 11.9. The highest BCUT2D eigenvalue weighted by Crippen LogP contribution is 2.61. The van der Waals surface area contributed by atoms with E-state index in [2.05, 4.69) is 56.2 Å². The van der Waals surface area contributed by atoms with Crippen LogP contribution in [0.3, 0.4) is 0 Å². The van der Waals surface area contributed by atoms with E-state index in [1.807, 2.05) is 0 Å². The first kappa shape index (κ1) is 50.4. The summed E-state index contributed by atoms with van der Waals surface area (Å²) in [5.74, 6) is -73.5. The molecule has 310 valence electrons. The second kappa shape index (κ2) is 14.8. The molecule has 0 aliphatic rings. The first-order chi connectivity index (χ1) is 22.3. The molecule has 32 heteroatoms. The zero-order valence-corrected chi connectivity index (χ0v) is 26.2. The summed E-state index contributed by atoms with van der Waals surface area (Å²) >= 11 is 17.9. The van der Waals surface area contributed by atoms with Crippen LogP contribution in [0.25, 0.3) is 0 Å². The van der Waals surface area contributed by atoms with Gasteiger partial charge < -0.3 is 0 Å². The monoisotopic (exact) mass is 910 g/mol. The van der Waals surface area contributed by atoms with Gasteiger partial charge in [-0.3, -0.25) is 0 Å². The summed E-state index contributed by atoms with van der Waals surface area (Å²) in [6, 6.07) is 0. The van der Waals surface area contributed by atoms with Crippen molar-refractivity contribution in [3.05, 3.63) is 0 Å². The summed E-state index contributed by atoms with van der Waals surface area (Å²) in [6.45, 7) is 0.